The number of unbranched alkanes of at least 4 members (excludes halogenated alkanes) is 11. The molecule has 0 radical (unpaired) electrons. The molecule has 0 saturated carbocycles. The molecular weight excluding hydrogens is 318 g/mol. The summed E-state index contributed by atoms with van der Waals surface area (Å²) in [6.45, 7) is 7.57. The lowest BCUT2D eigenvalue weighted by molar-refractivity contribution is -0.121. The lowest BCUT2D eigenvalue weighted by Gasteiger charge is -2.09. The van der Waals surface area contributed by atoms with Gasteiger partial charge in [-0.3, -0.25) is 4.79 Å². The Labute approximate surface area is 164 Å². The van der Waals surface area contributed by atoms with Crippen LogP contribution in [0, 0.1) is 5.92 Å². The van der Waals surface area contributed by atoms with E-state index in [1.165, 1.54) is 83.5 Å². The molecule has 0 spiro atoms. The molecule has 1 atom stereocenters. The molecule has 1 N–H and O–H groups in total. The smallest absolute Gasteiger partial charge is 0.219 e. The standard InChI is InChI=1S/C24H47NO/c1-4-6-7-8-9-10-11-12-13-14-15-16-17-18-19-20-24(26)25-22-21-23(3)5-2/h12-13,23H,4-11,14-22H2,1-3H3,(H,25,26)/b13-12-. The Kier molecular flexibility index (Phi) is 19.9. The van der Waals surface area contributed by atoms with Gasteiger partial charge >= 0.3 is 0 Å². The number of carbonyl (C=O) groups is 1. The van der Waals surface area contributed by atoms with E-state index >= 15 is 0 Å². The summed E-state index contributed by atoms with van der Waals surface area (Å²) in [7, 11) is 0. The van der Waals surface area contributed by atoms with Crippen LogP contribution in [0.1, 0.15) is 124 Å². The molecule has 1 amide bonds. The van der Waals surface area contributed by atoms with Crippen LogP contribution in [0.15, 0.2) is 12.2 Å². The van der Waals surface area contributed by atoms with Gasteiger partial charge in [0.2, 0.25) is 5.91 Å². The predicted octanol–water partition coefficient (Wildman–Crippen LogP) is 7.58. The van der Waals surface area contributed by atoms with Crippen LogP contribution in [0.25, 0.3) is 0 Å². The van der Waals surface area contributed by atoms with Gasteiger partial charge in [0.1, 0.15) is 0 Å². The summed E-state index contributed by atoms with van der Waals surface area (Å²) in [5.41, 5.74) is 0. The van der Waals surface area contributed by atoms with Crippen LogP contribution in [-0.2, 0) is 4.79 Å². The van der Waals surface area contributed by atoms with Crippen LogP contribution in [-0.4, -0.2) is 12.5 Å². The number of rotatable bonds is 19. The van der Waals surface area contributed by atoms with Crippen molar-refractivity contribution in [2.75, 3.05) is 6.54 Å². The van der Waals surface area contributed by atoms with Gasteiger partial charge < -0.3 is 5.32 Å². The first-order valence-corrected chi connectivity index (χ1v) is 11.6. The molecule has 0 aliphatic rings. The van der Waals surface area contributed by atoms with Crippen LogP contribution in [0.2, 0.25) is 0 Å². The Balaban J connectivity index is 3.23. The summed E-state index contributed by atoms with van der Waals surface area (Å²) < 4.78 is 0. The zero-order valence-corrected chi connectivity index (χ0v) is 18.2. The summed E-state index contributed by atoms with van der Waals surface area (Å²) in [5, 5.41) is 3.05. The number of nitrogens with one attached hydrogen (secondary N) is 1. The van der Waals surface area contributed by atoms with E-state index in [-0.39, 0.29) is 5.91 Å². The summed E-state index contributed by atoms with van der Waals surface area (Å²) in [6.07, 6.45) is 24.7. The van der Waals surface area contributed by atoms with Crippen LogP contribution in [0.5, 0.6) is 0 Å². The highest BCUT2D eigenvalue weighted by Gasteiger charge is 2.02. The summed E-state index contributed by atoms with van der Waals surface area (Å²) in [6, 6.07) is 0. The Bertz CT molecular complexity index is 324. The molecule has 1 unspecified atom stereocenters. The fourth-order valence-corrected chi connectivity index (χ4v) is 3.11. The molecule has 0 aliphatic heterocycles. The highest BCUT2D eigenvalue weighted by molar-refractivity contribution is 5.75. The highest BCUT2D eigenvalue weighted by Crippen LogP contribution is 2.10. The van der Waals surface area contributed by atoms with Crippen molar-refractivity contribution in [1.29, 1.82) is 0 Å². The van der Waals surface area contributed by atoms with E-state index in [1.54, 1.807) is 0 Å². The normalized spacial score (nSPS) is 12.6. The molecule has 0 bridgehead atoms. The zero-order valence-electron chi connectivity index (χ0n) is 18.2. The second-order valence-corrected chi connectivity index (χ2v) is 7.99. The number of amides is 1. The molecule has 26 heavy (non-hydrogen) atoms. The summed E-state index contributed by atoms with van der Waals surface area (Å²) >= 11 is 0. The maximum absolute atomic E-state index is 11.7. The summed E-state index contributed by atoms with van der Waals surface area (Å²) in [4.78, 5) is 11.7. The van der Waals surface area contributed by atoms with Crippen LogP contribution in [0.3, 0.4) is 0 Å². The molecule has 154 valence electrons. The Morgan fingerprint density at radius 1 is 0.808 bits per heavy atom. The molecule has 0 saturated heterocycles. The van der Waals surface area contributed by atoms with E-state index in [9.17, 15) is 4.79 Å². The predicted molar refractivity (Wildman–Crippen MR) is 117 cm³/mol. The first kappa shape index (κ1) is 25.2. The fourth-order valence-electron chi connectivity index (χ4n) is 3.11. The second-order valence-electron chi connectivity index (χ2n) is 7.99. The molecule has 2 nitrogen and oxygen atoms in total. The van der Waals surface area contributed by atoms with Crippen molar-refractivity contribution in [2.24, 2.45) is 5.92 Å². The van der Waals surface area contributed by atoms with Crippen LogP contribution >= 0.6 is 0 Å². The van der Waals surface area contributed by atoms with Gasteiger partial charge in [-0.1, -0.05) is 90.7 Å². The van der Waals surface area contributed by atoms with Gasteiger partial charge in [-0.05, 0) is 44.4 Å². The van der Waals surface area contributed by atoms with Gasteiger partial charge in [0.05, 0.1) is 0 Å². The third-order valence-corrected chi connectivity index (χ3v) is 5.32. The van der Waals surface area contributed by atoms with Gasteiger partial charge in [-0.15, -0.1) is 0 Å². The van der Waals surface area contributed by atoms with Crippen molar-refractivity contribution in [2.45, 2.75) is 124 Å². The van der Waals surface area contributed by atoms with E-state index in [0.29, 0.717) is 6.42 Å². The van der Waals surface area contributed by atoms with E-state index < -0.39 is 0 Å². The first-order valence-electron chi connectivity index (χ1n) is 11.6. The van der Waals surface area contributed by atoms with Crippen molar-refractivity contribution in [1.82, 2.24) is 5.32 Å². The largest absolute Gasteiger partial charge is 0.356 e. The van der Waals surface area contributed by atoms with Crippen LogP contribution in [0.4, 0.5) is 0 Å². The van der Waals surface area contributed by atoms with Gasteiger partial charge in [0, 0.05) is 13.0 Å². The van der Waals surface area contributed by atoms with Gasteiger partial charge in [-0.25, -0.2) is 0 Å². The third-order valence-electron chi connectivity index (χ3n) is 5.32. The number of allylic oxidation sites excluding steroid dienone is 2. The van der Waals surface area contributed by atoms with Crippen molar-refractivity contribution < 1.29 is 4.79 Å². The van der Waals surface area contributed by atoms with Crippen molar-refractivity contribution in [3.63, 3.8) is 0 Å². The minimum Gasteiger partial charge on any atom is -0.356 e. The van der Waals surface area contributed by atoms with Gasteiger partial charge in [0.15, 0.2) is 0 Å². The van der Waals surface area contributed by atoms with Crippen molar-refractivity contribution in [3.05, 3.63) is 12.2 Å². The molecule has 0 aromatic heterocycles. The summed E-state index contributed by atoms with van der Waals surface area (Å²) in [5.74, 6) is 0.959. The SMILES string of the molecule is CCCCCCCC/C=C\CCCCCCCC(=O)NCCC(C)CC. The average molecular weight is 366 g/mol. The number of hydrogen-bond donors (Lipinski definition) is 1. The maximum atomic E-state index is 11.7. The minimum atomic E-state index is 0.242. The topological polar surface area (TPSA) is 29.1 Å². The van der Waals surface area contributed by atoms with Gasteiger partial charge in [-0.2, -0.15) is 0 Å². The number of hydrogen-bond acceptors (Lipinski definition) is 1. The molecule has 0 aromatic rings. The lowest BCUT2D eigenvalue weighted by Crippen LogP contribution is -2.25. The first-order chi connectivity index (χ1) is 12.7. The molecule has 0 rings (SSSR count). The van der Waals surface area contributed by atoms with E-state index in [4.69, 9.17) is 0 Å². The minimum absolute atomic E-state index is 0.242. The maximum Gasteiger partial charge on any atom is 0.219 e. The van der Waals surface area contributed by atoms with Crippen molar-refractivity contribution >= 4 is 5.91 Å². The van der Waals surface area contributed by atoms with E-state index in [0.717, 1.165) is 25.3 Å². The number of carbonyl (C=O) groups excluding carboxylic acids is 1. The van der Waals surface area contributed by atoms with Crippen molar-refractivity contribution in [3.8, 4) is 0 Å². The Morgan fingerprint density at radius 3 is 1.92 bits per heavy atom. The lowest BCUT2D eigenvalue weighted by atomic mass is 10.1. The monoisotopic (exact) mass is 365 g/mol. The molecule has 2 heteroatoms. The second kappa shape index (κ2) is 20.5. The average Bonchev–Trinajstić information content (AvgIpc) is 2.64. The highest BCUT2D eigenvalue weighted by atomic mass is 16.1. The Hall–Kier alpha value is -0.790. The molecule has 0 aromatic carbocycles. The molecular formula is C24H47NO. The van der Waals surface area contributed by atoms with E-state index in [1.807, 2.05) is 0 Å². The molecule has 0 aliphatic carbocycles. The fraction of sp³-hybridized carbons (Fsp3) is 0.875. The van der Waals surface area contributed by atoms with Crippen LogP contribution < -0.4 is 5.32 Å². The molecule has 0 fully saturated rings. The molecule has 0 heterocycles. The van der Waals surface area contributed by atoms with E-state index in [2.05, 4.69) is 38.2 Å². The Morgan fingerprint density at radius 2 is 1.35 bits per heavy atom. The van der Waals surface area contributed by atoms with Gasteiger partial charge in [0.25, 0.3) is 0 Å². The third kappa shape index (κ3) is 19.5. The quantitative estimate of drug-likeness (QED) is 0.185. The zero-order chi connectivity index (χ0) is 19.3.